The van der Waals surface area contributed by atoms with Crippen LogP contribution in [-0.4, -0.2) is 42.5 Å². The van der Waals surface area contributed by atoms with E-state index < -0.39 is 21.9 Å². The number of phenols is 1. The van der Waals surface area contributed by atoms with Gasteiger partial charge in [-0.15, -0.1) is 0 Å². The van der Waals surface area contributed by atoms with Crippen LogP contribution in [0.5, 0.6) is 5.75 Å². The van der Waals surface area contributed by atoms with Crippen molar-refractivity contribution in [2.24, 2.45) is 0 Å². The summed E-state index contributed by atoms with van der Waals surface area (Å²) in [6, 6.07) is 3.84. The lowest BCUT2D eigenvalue weighted by Crippen LogP contribution is -2.33. The number of nitrogens with zero attached hydrogens (tertiary/aromatic N) is 1. The topological polar surface area (TPSA) is 107 Å². The van der Waals surface area contributed by atoms with Gasteiger partial charge in [-0.2, -0.15) is 12.7 Å². The molecule has 0 saturated carbocycles. The summed E-state index contributed by atoms with van der Waals surface area (Å²) in [6.45, 7) is 2.28. The molecule has 0 atom stereocenters. The molecule has 3 N–H and O–H groups in total. The highest BCUT2D eigenvalue weighted by molar-refractivity contribution is 7.90. The van der Waals surface area contributed by atoms with Gasteiger partial charge in [-0.05, 0) is 18.6 Å². The molecule has 0 unspecified atom stereocenters. The maximum Gasteiger partial charge on any atom is 0.339 e. The second kappa shape index (κ2) is 6.58. The van der Waals surface area contributed by atoms with Crippen molar-refractivity contribution in [2.75, 3.05) is 18.3 Å². The largest absolute Gasteiger partial charge is 0.505 e. The number of benzene rings is 1. The molecule has 1 aromatic carbocycles. The van der Waals surface area contributed by atoms with Crippen LogP contribution >= 0.6 is 0 Å². The van der Waals surface area contributed by atoms with Crippen molar-refractivity contribution in [3.63, 3.8) is 0 Å². The first kappa shape index (κ1) is 16.3. The van der Waals surface area contributed by atoms with Crippen LogP contribution in [0.15, 0.2) is 18.2 Å². The third-order valence-electron chi connectivity index (χ3n) is 2.74. The van der Waals surface area contributed by atoms with Crippen LogP contribution < -0.4 is 4.72 Å². The van der Waals surface area contributed by atoms with Crippen LogP contribution in [0.25, 0.3) is 0 Å². The smallest absolute Gasteiger partial charge is 0.339 e. The molecule has 0 aliphatic rings. The molecular weight excluding hydrogens is 284 g/mol. The molecule has 8 heteroatoms. The summed E-state index contributed by atoms with van der Waals surface area (Å²) in [4.78, 5) is 10.9. The van der Waals surface area contributed by atoms with E-state index in [1.54, 1.807) is 0 Å². The van der Waals surface area contributed by atoms with E-state index in [1.165, 1.54) is 25.2 Å². The number of para-hydroxylation sites is 1. The van der Waals surface area contributed by atoms with Crippen molar-refractivity contribution in [3.05, 3.63) is 23.8 Å². The zero-order chi connectivity index (χ0) is 15.3. The van der Waals surface area contributed by atoms with Crippen LogP contribution in [-0.2, 0) is 10.2 Å². The van der Waals surface area contributed by atoms with Gasteiger partial charge in [0.25, 0.3) is 0 Å². The van der Waals surface area contributed by atoms with Crippen molar-refractivity contribution in [2.45, 2.75) is 19.8 Å². The molecule has 1 rings (SSSR count). The van der Waals surface area contributed by atoms with E-state index in [0.29, 0.717) is 13.0 Å². The van der Waals surface area contributed by atoms with E-state index in [1.807, 2.05) is 6.92 Å². The molecule has 0 amide bonds. The number of aromatic carboxylic acids is 1. The van der Waals surface area contributed by atoms with E-state index in [-0.39, 0.29) is 11.3 Å². The minimum absolute atomic E-state index is 0.159. The fourth-order valence-corrected chi connectivity index (χ4v) is 2.48. The third-order valence-corrected chi connectivity index (χ3v) is 4.22. The Morgan fingerprint density at radius 1 is 1.40 bits per heavy atom. The van der Waals surface area contributed by atoms with E-state index in [4.69, 9.17) is 5.11 Å². The fraction of sp³-hybridized carbons (Fsp3) is 0.417. The highest BCUT2D eigenvalue weighted by atomic mass is 32.2. The predicted octanol–water partition coefficient (Wildman–Crippen LogP) is 1.48. The second-order valence-corrected chi connectivity index (χ2v) is 6.07. The second-order valence-electron chi connectivity index (χ2n) is 4.29. The maximum absolute atomic E-state index is 12.0. The summed E-state index contributed by atoms with van der Waals surface area (Å²) in [5.41, 5.74) is -0.519. The number of carbonyl (C=O) groups is 1. The predicted molar refractivity (Wildman–Crippen MR) is 75.1 cm³/mol. The highest BCUT2D eigenvalue weighted by Crippen LogP contribution is 2.28. The minimum atomic E-state index is -3.82. The van der Waals surface area contributed by atoms with E-state index >= 15 is 0 Å². The third kappa shape index (κ3) is 3.84. The summed E-state index contributed by atoms with van der Waals surface area (Å²) < 4.78 is 27.3. The van der Waals surface area contributed by atoms with Crippen LogP contribution in [0.1, 0.15) is 30.1 Å². The number of aromatic hydroxyl groups is 1. The molecule has 0 heterocycles. The molecule has 0 bridgehead atoms. The Hall–Kier alpha value is -1.80. The maximum atomic E-state index is 12.0. The number of hydrogen-bond acceptors (Lipinski definition) is 4. The molecule has 0 fully saturated rings. The number of nitrogens with one attached hydrogen (secondary N) is 1. The van der Waals surface area contributed by atoms with Gasteiger partial charge in [-0.1, -0.05) is 19.4 Å². The van der Waals surface area contributed by atoms with Gasteiger partial charge >= 0.3 is 16.2 Å². The van der Waals surface area contributed by atoms with Crippen LogP contribution in [0.3, 0.4) is 0 Å². The summed E-state index contributed by atoms with van der Waals surface area (Å²) in [5, 5.41) is 18.6. The van der Waals surface area contributed by atoms with Crippen LogP contribution in [0.4, 0.5) is 5.69 Å². The Morgan fingerprint density at radius 2 is 2.05 bits per heavy atom. The quantitative estimate of drug-likeness (QED) is 0.661. The summed E-state index contributed by atoms with van der Waals surface area (Å²) in [6.07, 6.45) is 1.55. The lowest BCUT2D eigenvalue weighted by Gasteiger charge is -2.18. The molecule has 112 valence electrons. The average Bonchev–Trinajstić information content (AvgIpc) is 2.37. The zero-order valence-electron chi connectivity index (χ0n) is 11.3. The Morgan fingerprint density at radius 3 is 2.60 bits per heavy atom. The van der Waals surface area contributed by atoms with Gasteiger partial charge in [0.15, 0.2) is 5.75 Å². The normalized spacial score (nSPS) is 11.6. The SMILES string of the molecule is CCCCN(C)S(=O)(=O)Nc1cccc(C(=O)O)c1O. The lowest BCUT2D eigenvalue weighted by molar-refractivity contribution is 0.0694. The standard InChI is InChI=1S/C12H18N2O5S/c1-3-4-8-14(2)20(18,19)13-10-7-5-6-9(11(10)15)12(16)17/h5-7,13,15H,3-4,8H2,1-2H3,(H,16,17). The van der Waals surface area contributed by atoms with Gasteiger partial charge in [0, 0.05) is 13.6 Å². The monoisotopic (exact) mass is 302 g/mol. The number of carboxylic acid groups (broad SMARTS) is 1. The van der Waals surface area contributed by atoms with Crippen molar-refractivity contribution < 1.29 is 23.4 Å². The molecule has 20 heavy (non-hydrogen) atoms. The Bertz CT molecular complexity index is 586. The number of unbranched alkanes of at least 4 members (excludes halogenated alkanes) is 1. The number of hydrogen-bond donors (Lipinski definition) is 3. The van der Waals surface area contributed by atoms with Crippen molar-refractivity contribution in [1.29, 1.82) is 0 Å². The van der Waals surface area contributed by atoms with Crippen molar-refractivity contribution >= 4 is 21.9 Å². The Balaban J connectivity index is 2.98. The van der Waals surface area contributed by atoms with Gasteiger partial charge in [-0.3, -0.25) is 4.72 Å². The Kier molecular flexibility index (Phi) is 5.34. The molecule has 0 aliphatic carbocycles. The molecule has 1 aromatic rings. The molecule has 0 saturated heterocycles. The number of rotatable bonds is 7. The minimum Gasteiger partial charge on any atom is -0.505 e. The first-order valence-electron chi connectivity index (χ1n) is 6.09. The van der Waals surface area contributed by atoms with E-state index in [9.17, 15) is 18.3 Å². The van der Waals surface area contributed by atoms with Gasteiger partial charge in [-0.25, -0.2) is 4.79 Å². The van der Waals surface area contributed by atoms with E-state index in [2.05, 4.69) is 4.72 Å². The number of carboxylic acids is 1. The summed E-state index contributed by atoms with van der Waals surface area (Å²) >= 11 is 0. The molecule has 0 aromatic heterocycles. The van der Waals surface area contributed by atoms with Gasteiger partial charge < -0.3 is 10.2 Å². The van der Waals surface area contributed by atoms with Crippen LogP contribution in [0, 0.1) is 0 Å². The summed E-state index contributed by atoms with van der Waals surface area (Å²) in [7, 11) is -2.41. The van der Waals surface area contributed by atoms with Gasteiger partial charge in [0.2, 0.25) is 0 Å². The zero-order valence-corrected chi connectivity index (χ0v) is 12.1. The molecular formula is C12H18N2O5S. The van der Waals surface area contributed by atoms with Crippen molar-refractivity contribution in [1.82, 2.24) is 4.31 Å². The first-order valence-corrected chi connectivity index (χ1v) is 7.53. The molecule has 0 spiro atoms. The van der Waals surface area contributed by atoms with E-state index in [0.717, 1.165) is 10.7 Å². The molecule has 7 nitrogen and oxygen atoms in total. The summed E-state index contributed by atoms with van der Waals surface area (Å²) in [5.74, 6) is -1.93. The van der Waals surface area contributed by atoms with Crippen molar-refractivity contribution in [3.8, 4) is 5.75 Å². The highest BCUT2D eigenvalue weighted by Gasteiger charge is 2.20. The Labute approximate surface area is 118 Å². The first-order chi connectivity index (χ1) is 9.29. The average molecular weight is 302 g/mol. The number of anilines is 1. The lowest BCUT2D eigenvalue weighted by atomic mass is 10.2. The molecule has 0 radical (unpaired) electrons. The molecule has 0 aliphatic heterocycles. The van der Waals surface area contributed by atoms with Gasteiger partial charge in [0.05, 0.1) is 5.69 Å². The van der Waals surface area contributed by atoms with Crippen LogP contribution in [0.2, 0.25) is 0 Å². The van der Waals surface area contributed by atoms with Gasteiger partial charge in [0.1, 0.15) is 5.56 Å². The fourth-order valence-electron chi connectivity index (χ4n) is 1.52.